The summed E-state index contributed by atoms with van der Waals surface area (Å²) in [4.78, 5) is 13.9. The normalized spacial score (nSPS) is 10.2. The number of rotatable bonds is 4. The van der Waals surface area contributed by atoms with Crippen LogP contribution in [0.15, 0.2) is 30.3 Å². The van der Waals surface area contributed by atoms with Gasteiger partial charge in [-0.2, -0.15) is 0 Å². The predicted molar refractivity (Wildman–Crippen MR) is 68.3 cm³/mol. The van der Waals surface area contributed by atoms with Gasteiger partial charge in [-0.25, -0.2) is 19.6 Å². The summed E-state index contributed by atoms with van der Waals surface area (Å²) in [6.07, 6.45) is 0. The van der Waals surface area contributed by atoms with Crippen molar-refractivity contribution in [1.82, 2.24) is 4.98 Å². The zero-order chi connectivity index (χ0) is 14.7. The predicted octanol–water partition coefficient (Wildman–Crippen LogP) is 2.30. The fourth-order valence-electron chi connectivity index (χ4n) is 1.50. The zero-order valence-electron chi connectivity index (χ0n) is 9.93. The molecule has 0 atom stereocenters. The highest BCUT2D eigenvalue weighted by atomic mass is 19.1. The van der Waals surface area contributed by atoms with Crippen molar-refractivity contribution in [3.05, 3.63) is 52.1 Å². The molecule has 1 aromatic carbocycles. The van der Waals surface area contributed by atoms with Crippen LogP contribution in [0.25, 0.3) is 0 Å². The molecular weight excluding hydrogens is 272 g/mol. The first-order chi connectivity index (χ1) is 9.51. The first-order valence-corrected chi connectivity index (χ1v) is 5.35. The maximum atomic E-state index is 13.5. The van der Waals surface area contributed by atoms with Gasteiger partial charge in [0.25, 0.3) is 5.69 Å². The van der Waals surface area contributed by atoms with E-state index < -0.39 is 22.2 Å². The molecule has 0 saturated carbocycles. The standard InChI is InChI=1S/C11H9F2N5O2/c12-7-2-1-3-8(13)11(7)16-9-4-6(18(19)20)5-10(15-9)17-14/h1-5H,14H2,(H2,15,16,17). The summed E-state index contributed by atoms with van der Waals surface area (Å²) in [6, 6.07) is 5.41. The summed E-state index contributed by atoms with van der Waals surface area (Å²) in [5.74, 6) is 3.31. The number of hydrogen-bond donors (Lipinski definition) is 3. The van der Waals surface area contributed by atoms with E-state index >= 15 is 0 Å². The molecule has 9 heteroatoms. The van der Waals surface area contributed by atoms with Crippen LogP contribution in [0.4, 0.5) is 31.8 Å². The second-order valence-electron chi connectivity index (χ2n) is 3.72. The fraction of sp³-hybridized carbons (Fsp3) is 0. The molecule has 0 saturated heterocycles. The van der Waals surface area contributed by atoms with Crippen LogP contribution in [0.5, 0.6) is 0 Å². The molecule has 0 bridgehead atoms. The van der Waals surface area contributed by atoms with Gasteiger partial charge in [-0.05, 0) is 12.1 Å². The summed E-state index contributed by atoms with van der Waals surface area (Å²) in [5, 5.41) is 13.1. The summed E-state index contributed by atoms with van der Waals surface area (Å²) in [5.41, 5.74) is 1.35. The van der Waals surface area contributed by atoms with Crippen molar-refractivity contribution < 1.29 is 13.7 Å². The van der Waals surface area contributed by atoms with Crippen LogP contribution in [-0.2, 0) is 0 Å². The molecule has 4 N–H and O–H groups in total. The molecule has 0 aliphatic rings. The molecule has 1 aromatic heterocycles. The first-order valence-electron chi connectivity index (χ1n) is 5.35. The zero-order valence-corrected chi connectivity index (χ0v) is 9.93. The molecule has 0 radical (unpaired) electrons. The van der Waals surface area contributed by atoms with Crippen molar-refractivity contribution in [2.45, 2.75) is 0 Å². The van der Waals surface area contributed by atoms with E-state index in [1.807, 2.05) is 0 Å². The van der Waals surface area contributed by atoms with Gasteiger partial charge in [-0.15, -0.1) is 0 Å². The fourth-order valence-corrected chi connectivity index (χ4v) is 1.50. The van der Waals surface area contributed by atoms with Crippen molar-refractivity contribution in [2.24, 2.45) is 5.84 Å². The number of nitrogen functional groups attached to an aromatic ring is 1. The van der Waals surface area contributed by atoms with Crippen LogP contribution in [0.1, 0.15) is 0 Å². The number of hydrogen-bond acceptors (Lipinski definition) is 6. The van der Waals surface area contributed by atoms with E-state index in [0.717, 1.165) is 24.3 Å². The van der Waals surface area contributed by atoms with Gasteiger partial charge in [-0.1, -0.05) is 6.07 Å². The lowest BCUT2D eigenvalue weighted by atomic mass is 10.3. The van der Waals surface area contributed by atoms with Gasteiger partial charge in [0.05, 0.1) is 17.1 Å². The smallest absolute Gasteiger partial charge is 0.276 e. The number of nitro groups is 1. The Balaban J connectivity index is 2.43. The first kappa shape index (κ1) is 13.6. The number of anilines is 3. The number of pyridine rings is 1. The van der Waals surface area contributed by atoms with Gasteiger partial charge in [-0.3, -0.25) is 10.1 Å². The lowest BCUT2D eigenvalue weighted by Crippen LogP contribution is -2.10. The van der Waals surface area contributed by atoms with Crippen LogP contribution in [0.3, 0.4) is 0 Å². The van der Waals surface area contributed by atoms with Crippen LogP contribution in [0.2, 0.25) is 0 Å². The van der Waals surface area contributed by atoms with Crippen molar-refractivity contribution in [2.75, 3.05) is 10.7 Å². The van der Waals surface area contributed by atoms with E-state index in [0.29, 0.717) is 0 Å². The lowest BCUT2D eigenvalue weighted by molar-refractivity contribution is -0.384. The Morgan fingerprint density at radius 3 is 2.35 bits per heavy atom. The third-order valence-corrected chi connectivity index (χ3v) is 2.38. The molecule has 20 heavy (non-hydrogen) atoms. The van der Waals surface area contributed by atoms with Crippen LogP contribution in [-0.4, -0.2) is 9.91 Å². The SMILES string of the molecule is NNc1cc([N+](=O)[O-])cc(Nc2c(F)cccc2F)n1. The average Bonchev–Trinajstić information content (AvgIpc) is 2.42. The third-order valence-electron chi connectivity index (χ3n) is 2.38. The highest BCUT2D eigenvalue weighted by Gasteiger charge is 2.14. The maximum absolute atomic E-state index is 13.5. The van der Waals surface area contributed by atoms with E-state index in [-0.39, 0.29) is 17.3 Å². The minimum atomic E-state index is -0.847. The maximum Gasteiger partial charge on any atom is 0.276 e. The van der Waals surface area contributed by atoms with Gasteiger partial charge < -0.3 is 10.7 Å². The topological polar surface area (TPSA) is 106 Å². The highest BCUT2D eigenvalue weighted by Crippen LogP contribution is 2.26. The van der Waals surface area contributed by atoms with Gasteiger partial charge in [0.1, 0.15) is 29.0 Å². The quantitative estimate of drug-likeness (QED) is 0.451. The molecule has 0 spiro atoms. The monoisotopic (exact) mass is 281 g/mol. The molecule has 0 aliphatic carbocycles. The Hall–Kier alpha value is -2.81. The van der Waals surface area contributed by atoms with Gasteiger partial charge in [0.15, 0.2) is 0 Å². The van der Waals surface area contributed by atoms with E-state index in [1.165, 1.54) is 6.07 Å². The Morgan fingerprint density at radius 2 is 1.80 bits per heavy atom. The molecule has 1 heterocycles. The number of nitrogens with two attached hydrogens (primary N) is 1. The molecular formula is C11H9F2N5O2. The Labute approximate surface area is 111 Å². The Bertz CT molecular complexity index is 645. The molecule has 0 amide bonds. The molecule has 2 aromatic rings. The molecule has 2 rings (SSSR count). The average molecular weight is 281 g/mol. The lowest BCUT2D eigenvalue weighted by Gasteiger charge is -2.09. The van der Waals surface area contributed by atoms with Crippen LogP contribution >= 0.6 is 0 Å². The molecule has 0 unspecified atom stereocenters. The van der Waals surface area contributed by atoms with Crippen LogP contribution < -0.4 is 16.6 Å². The Morgan fingerprint density at radius 1 is 1.20 bits per heavy atom. The highest BCUT2D eigenvalue weighted by molar-refractivity contribution is 5.62. The summed E-state index contributed by atoms with van der Waals surface area (Å²) >= 11 is 0. The largest absolute Gasteiger partial charge is 0.335 e. The van der Waals surface area contributed by atoms with Crippen molar-refractivity contribution in [3.63, 3.8) is 0 Å². The minimum Gasteiger partial charge on any atom is -0.335 e. The van der Waals surface area contributed by atoms with Gasteiger partial charge >= 0.3 is 0 Å². The number of nitrogens with one attached hydrogen (secondary N) is 2. The molecule has 0 fully saturated rings. The van der Waals surface area contributed by atoms with E-state index in [4.69, 9.17) is 5.84 Å². The van der Waals surface area contributed by atoms with Crippen molar-refractivity contribution >= 4 is 23.0 Å². The number of nitrogens with zero attached hydrogens (tertiary/aromatic N) is 2. The number of aromatic nitrogens is 1. The molecule has 0 aliphatic heterocycles. The minimum absolute atomic E-state index is 0.0153. The second kappa shape index (κ2) is 5.45. The third kappa shape index (κ3) is 2.78. The summed E-state index contributed by atoms with van der Waals surface area (Å²) in [7, 11) is 0. The van der Waals surface area contributed by atoms with Crippen LogP contribution in [0, 0.1) is 21.7 Å². The number of halogens is 2. The number of benzene rings is 1. The molecule has 104 valence electrons. The van der Waals surface area contributed by atoms with Gasteiger partial charge in [0.2, 0.25) is 0 Å². The molecule has 7 nitrogen and oxygen atoms in total. The van der Waals surface area contributed by atoms with Crippen molar-refractivity contribution in [1.29, 1.82) is 0 Å². The van der Waals surface area contributed by atoms with E-state index in [9.17, 15) is 18.9 Å². The van der Waals surface area contributed by atoms with E-state index in [2.05, 4.69) is 15.7 Å². The number of para-hydroxylation sites is 1. The number of hydrazine groups is 1. The summed E-state index contributed by atoms with van der Waals surface area (Å²) in [6.45, 7) is 0. The summed E-state index contributed by atoms with van der Waals surface area (Å²) < 4.78 is 26.9. The second-order valence-corrected chi connectivity index (χ2v) is 3.72. The Kier molecular flexibility index (Phi) is 3.71. The van der Waals surface area contributed by atoms with Crippen molar-refractivity contribution in [3.8, 4) is 0 Å². The van der Waals surface area contributed by atoms with Gasteiger partial charge in [0, 0.05) is 0 Å². The van der Waals surface area contributed by atoms with E-state index in [1.54, 1.807) is 0 Å².